The van der Waals surface area contributed by atoms with Crippen molar-refractivity contribution in [2.75, 3.05) is 13.6 Å². The van der Waals surface area contributed by atoms with Crippen LogP contribution in [0.4, 0.5) is 0 Å². The molecule has 1 unspecified atom stereocenters. The van der Waals surface area contributed by atoms with Gasteiger partial charge in [-0.15, -0.1) is 0 Å². The van der Waals surface area contributed by atoms with Gasteiger partial charge in [-0.2, -0.15) is 17.0 Å². The van der Waals surface area contributed by atoms with Crippen LogP contribution < -0.4 is 0 Å². The zero-order valence-corrected chi connectivity index (χ0v) is 13.1. The summed E-state index contributed by atoms with van der Waals surface area (Å²) in [6.45, 7) is 0.860. The minimum absolute atomic E-state index is 0.249. The van der Waals surface area contributed by atoms with Crippen molar-refractivity contribution in [2.45, 2.75) is 43.9 Å². The molecule has 1 aromatic rings. The SMILES string of the molecule is CN(Cc1ccccc1)S(=O)(=O)N1CCCC1C1(O)CC1. The molecule has 0 amide bonds. The normalized spacial score (nSPS) is 25.4. The monoisotopic (exact) mass is 310 g/mol. The van der Waals surface area contributed by atoms with Gasteiger partial charge < -0.3 is 5.11 Å². The van der Waals surface area contributed by atoms with Gasteiger partial charge in [-0.1, -0.05) is 30.3 Å². The second kappa shape index (κ2) is 5.35. The van der Waals surface area contributed by atoms with E-state index in [2.05, 4.69) is 0 Å². The number of hydrogen-bond donors (Lipinski definition) is 1. The zero-order valence-electron chi connectivity index (χ0n) is 12.3. The van der Waals surface area contributed by atoms with E-state index in [0.717, 1.165) is 18.4 Å². The fourth-order valence-electron chi connectivity index (χ4n) is 3.12. The molecule has 0 bridgehead atoms. The molecule has 1 aromatic carbocycles. The summed E-state index contributed by atoms with van der Waals surface area (Å²) in [6.07, 6.45) is 3.01. The van der Waals surface area contributed by atoms with Crippen LogP contribution >= 0.6 is 0 Å². The average molecular weight is 310 g/mol. The summed E-state index contributed by atoms with van der Waals surface area (Å²) in [6, 6.07) is 9.31. The Hall–Kier alpha value is -0.950. The van der Waals surface area contributed by atoms with Crippen LogP contribution in [0.2, 0.25) is 0 Å². The summed E-state index contributed by atoms with van der Waals surface area (Å²) in [7, 11) is -1.92. The number of rotatable bonds is 5. The highest BCUT2D eigenvalue weighted by Gasteiger charge is 2.54. The molecule has 0 spiro atoms. The second-order valence-electron chi connectivity index (χ2n) is 6.12. The van der Waals surface area contributed by atoms with Gasteiger partial charge in [0.2, 0.25) is 0 Å². The molecular formula is C15H22N2O3S. The molecule has 1 aliphatic carbocycles. The minimum atomic E-state index is -3.52. The fraction of sp³-hybridized carbons (Fsp3) is 0.600. The van der Waals surface area contributed by atoms with Crippen molar-refractivity contribution < 1.29 is 13.5 Å². The third-order valence-electron chi connectivity index (χ3n) is 4.52. The molecule has 6 heteroatoms. The van der Waals surface area contributed by atoms with Crippen molar-refractivity contribution in [1.29, 1.82) is 0 Å². The van der Waals surface area contributed by atoms with Crippen LogP contribution in [0.1, 0.15) is 31.2 Å². The molecule has 3 rings (SSSR count). The molecule has 1 N–H and O–H groups in total. The van der Waals surface area contributed by atoms with Crippen molar-refractivity contribution in [2.24, 2.45) is 0 Å². The molecule has 1 heterocycles. The van der Waals surface area contributed by atoms with Gasteiger partial charge in [0.05, 0.1) is 11.6 Å². The minimum Gasteiger partial charge on any atom is -0.388 e. The highest BCUT2D eigenvalue weighted by Crippen LogP contribution is 2.45. The molecular weight excluding hydrogens is 288 g/mol. The summed E-state index contributed by atoms with van der Waals surface area (Å²) in [5, 5.41) is 10.3. The maximum absolute atomic E-state index is 12.8. The van der Waals surface area contributed by atoms with Gasteiger partial charge in [-0.05, 0) is 31.2 Å². The van der Waals surface area contributed by atoms with E-state index in [1.807, 2.05) is 30.3 Å². The van der Waals surface area contributed by atoms with E-state index in [9.17, 15) is 13.5 Å². The summed E-state index contributed by atoms with van der Waals surface area (Å²) in [5.41, 5.74) is 0.182. The Kier molecular flexibility index (Phi) is 3.81. The van der Waals surface area contributed by atoms with Crippen LogP contribution in [0.15, 0.2) is 30.3 Å². The van der Waals surface area contributed by atoms with E-state index in [4.69, 9.17) is 0 Å². The van der Waals surface area contributed by atoms with E-state index in [0.29, 0.717) is 25.9 Å². The van der Waals surface area contributed by atoms with Gasteiger partial charge in [-0.25, -0.2) is 0 Å². The summed E-state index contributed by atoms with van der Waals surface area (Å²) in [5.74, 6) is 0. The summed E-state index contributed by atoms with van der Waals surface area (Å²) >= 11 is 0. The van der Waals surface area contributed by atoms with Crippen LogP contribution in [0.3, 0.4) is 0 Å². The lowest BCUT2D eigenvalue weighted by Gasteiger charge is -2.31. The molecule has 21 heavy (non-hydrogen) atoms. The zero-order chi connectivity index (χ0) is 15.1. The number of benzene rings is 1. The lowest BCUT2D eigenvalue weighted by molar-refractivity contribution is 0.0804. The van der Waals surface area contributed by atoms with Crippen molar-refractivity contribution >= 4 is 10.2 Å². The third-order valence-corrected chi connectivity index (χ3v) is 6.47. The van der Waals surface area contributed by atoms with Gasteiger partial charge in [0.1, 0.15) is 0 Å². The van der Waals surface area contributed by atoms with Crippen molar-refractivity contribution in [3.8, 4) is 0 Å². The molecule has 1 saturated heterocycles. The predicted molar refractivity (Wildman–Crippen MR) is 80.7 cm³/mol. The molecule has 1 aliphatic heterocycles. The second-order valence-corrected chi connectivity index (χ2v) is 8.11. The molecule has 1 atom stereocenters. The third kappa shape index (κ3) is 2.85. The van der Waals surface area contributed by atoms with Crippen molar-refractivity contribution in [1.82, 2.24) is 8.61 Å². The Balaban J connectivity index is 1.76. The van der Waals surface area contributed by atoms with Crippen molar-refractivity contribution in [3.63, 3.8) is 0 Å². The first-order valence-corrected chi connectivity index (χ1v) is 8.83. The molecule has 2 fully saturated rings. The van der Waals surface area contributed by atoms with Gasteiger partial charge in [0, 0.05) is 20.1 Å². The number of hydrogen-bond acceptors (Lipinski definition) is 3. The van der Waals surface area contributed by atoms with Crippen molar-refractivity contribution in [3.05, 3.63) is 35.9 Å². The quantitative estimate of drug-likeness (QED) is 0.893. The first-order chi connectivity index (χ1) is 9.93. The Morgan fingerprint density at radius 1 is 1.33 bits per heavy atom. The Morgan fingerprint density at radius 3 is 2.62 bits per heavy atom. The molecule has 0 aromatic heterocycles. The maximum atomic E-state index is 12.8. The Labute approximate surface area is 126 Å². The van der Waals surface area contributed by atoms with Crippen LogP contribution in [0.5, 0.6) is 0 Å². The largest absolute Gasteiger partial charge is 0.388 e. The Morgan fingerprint density at radius 2 is 2.00 bits per heavy atom. The van der Waals surface area contributed by atoms with Gasteiger partial charge >= 0.3 is 0 Å². The first-order valence-electron chi connectivity index (χ1n) is 7.43. The maximum Gasteiger partial charge on any atom is 0.282 e. The summed E-state index contributed by atoms with van der Waals surface area (Å²) in [4.78, 5) is 0. The predicted octanol–water partition coefficient (Wildman–Crippen LogP) is 1.35. The van der Waals surface area contributed by atoms with Gasteiger partial charge in [-0.3, -0.25) is 0 Å². The average Bonchev–Trinajstić information content (AvgIpc) is 3.02. The molecule has 2 aliphatic rings. The first kappa shape index (κ1) is 15.0. The summed E-state index contributed by atoms with van der Waals surface area (Å²) < 4.78 is 28.4. The van der Waals surface area contributed by atoms with Gasteiger partial charge in [0.15, 0.2) is 0 Å². The highest BCUT2D eigenvalue weighted by molar-refractivity contribution is 7.86. The van der Waals surface area contributed by atoms with E-state index in [-0.39, 0.29) is 6.04 Å². The van der Waals surface area contributed by atoms with Crippen LogP contribution in [0, 0.1) is 0 Å². The standard InChI is InChI=1S/C15H22N2O3S/c1-16(12-13-6-3-2-4-7-13)21(19,20)17-11-5-8-14(17)15(18)9-10-15/h2-4,6-7,14,18H,5,8-12H2,1H3. The molecule has 116 valence electrons. The lowest BCUT2D eigenvalue weighted by atomic mass is 10.1. The Bertz CT molecular complexity index is 599. The van der Waals surface area contributed by atoms with E-state index >= 15 is 0 Å². The molecule has 5 nitrogen and oxygen atoms in total. The van der Waals surface area contributed by atoms with Crippen LogP contribution in [-0.4, -0.2) is 47.4 Å². The van der Waals surface area contributed by atoms with E-state index in [1.54, 1.807) is 7.05 Å². The van der Waals surface area contributed by atoms with Gasteiger partial charge in [0.25, 0.3) is 10.2 Å². The van der Waals surface area contributed by atoms with E-state index in [1.165, 1.54) is 8.61 Å². The van der Waals surface area contributed by atoms with Crippen LogP contribution in [-0.2, 0) is 16.8 Å². The topological polar surface area (TPSA) is 60.9 Å². The fourth-order valence-corrected chi connectivity index (χ4v) is 4.77. The number of aliphatic hydroxyl groups is 1. The van der Waals surface area contributed by atoms with E-state index < -0.39 is 15.8 Å². The smallest absolute Gasteiger partial charge is 0.282 e. The molecule has 0 radical (unpaired) electrons. The number of nitrogens with zero attached hydrogens (tertiary/aromatic N) is 2. The highest BCUT2D eigenvalue weighted by atomic mass is 32.2. The molecule has 1 saturated carbocycles. The van der Waals surface area contributed by atoms with Crippen LogP contribution in [0.25, 0.3) is 0 Å². The lowest BCUT2D eigenvalue weighted by Crippen LogP contribution is -2.49.